The molecule has 0 heterocycles. The van der Waals surface area contributed by atoms with E-state index in [1.54, 1.807) is 6.92 Å². The highest BCUT2D eigenvalue weighted by molar-refractivity contribution is 5.97. The van der Waals surface area contributed by atoms with Crippen LogP contribution >= 0.6 is 0 Å². The molecule has 0 bridgehead atoms. The number of ketones is 1. The minimum absolute atomic E-state index is 0.145. The van der Waals surface area contributed by atoms with Crippen LogP contribution in [0.4, 0.5) is 8.78 Å². The van der Waals surface area contributed by atoms with E-state index in [0.717, 1.165) is 12.1 Å². The lowest BCUT2D eigenvalue weighted by atomic mass is 10.0. The molecular weight excluding hydrogens is 188 g/mol. The number of hydrogen-bond donors (Lipinski definition) is 1. The van der Waals surface area contributed by atoms with Crippen LogP contribution in [0.25, 0.3) is 0 Å². The molecule has 2 nitrogen and oxygen atoms in total. The molecule has 1 aromatic rings. The molecule has 4 heteroatoms. The third-order valence-electron chi connectivity index (χ3n) is 1.94. The maximum atomic E-state index is 12.8. The summed E-state index contributed by atoms with van der Waals surface area (Å²) in [5.41, 5.74) is 5.83. The smallest absolute Gasteiger partial charge is 0.164 e. The zero-order valence-electron chi connectivity index (χ0n) is 7.81. The number of hydrogen-bond acceptors (Lipinski definition) is 2. The summed E-state index contributed by atoms with van der Waals surface area (Å²) in [4.78, 5) is 11.4. The van der Waals surface area contributed by atoms with E-state index in [1.165, 1.54) is 0 Å². The van der Waals surface area contributed by atoms with Gasteiger partial charge in [0.1, 0.15) is 0 Å². The topological polar surface area (TPSA) is 43.1 Å². The van der Waals surface area contributed by atoms with Gasteiger partial charge in [-0.15, -0.1) is 0 Å². The van der Waals surface area contributed by atoms with Crippen LogP contribution in [-0.4, -0.2) is 12.3 Å². The SMILES string of the molecule is Cc1cc(F)c(F)cc1C(=O)CCN. The molecule has 0 saturated carbocycles. The van der Waals surface area contributed by atoms with E-state index in [0.29, 0.717) is 5.56 Å². The fourth-order valence-electron chi connectivity index (χ4n) is 1.21. The molecule has 0 radical (unpaired) electrons. The molecule has 76 valence electrons. The maximum Gasteiger partial charge on any atom is 0.164 e. The Balaban J connectivity index is 3.09. The number of carbonyl (C=O) groups is 1. The first-order valence-corrected chi connectivity index (χ1v) is 4.25. The van der Waals surface area contributed by atoms with Crippen LogP contribution in [0.15, 0.2) is 12.1 Å². The summed E-state index contributed by atoms with van der Waals surface area (Å²) >= 11 is 0. The predicted octanol–water partition coefficient (Wildman–Crippen LogP) is 1.80. The van der Waals surface area contributed by atoms with Crippen molar-refractivity contribution in [1.29, 1.82) is 0 Å². The van der Waals surface area contributed by atoms with Crippen LogP contribution in [0.5, 0.6) is 0 Å². The van der Waals surface area contributed by atoms with Gasteiger partial charge in [0.25, 0.3) is 0 Å². The van der Waals surface area contributed by atoms with Crippen molar-refractivity contribution in [3.63, 3.8) is 0 Å². The van der Waals surface area contributed by atoms with Crippen molar-refractivity contribution in [2.75, 3.05) is 6.54 Å². The molecule has 0 atom stereocenters. The lowest BCUT2D eigenvalue weighted by Crippen LogP contribution is -2.10. The monoisotopic (exact) mass is 199 g/mol. The number of nitrogens with two attached hydrogens (primary N) is 1. The number of benzene rings is 1. The Hall–Kier alpha value is -1.29. The van der Waals surface area contributed by atoms with E-state index < -0.39 is 11.6 Å². The fraction of sp³-hybridized carbons (Fsp3) is 0.300. The van der Waals surface area contributed by atoms with Crippen molar-refractivity contribution in [2.45, 2.75) is 13.3 Å². The minimum Gasteiger partial charge on any atom is -0.330 e. The summed E-state index contributed by atoms with van der Waals surface area (Å²) in [6, 6.07) is 1.93. The first-order chi connectivity index (χ1) is 6.56. The average Bonchev–Trinajstić information content (AvgIpc) is 2.11. The molecule has 0 amide bonds. The Morgan fingerprint density at radius 3 is 2.50 bits per heavy atom. The molecular formula is C10H11F2NO. The zero-order chi connectivity index (χ0) is 10.7. The Labute approximate surface area is 80.7 Å². The predicted molar refractivity (Wildman–Crippen MR) is 49.1 cm³/mol. The molecule has 0 aromatic heterocycles. The molecule has 0 aliphatic carbocycles. The highest BCUT2D eigenvalue weighted by Crippen LogP contribution is 2.15. The molecule has 14 heavy (non-hydrogen) atoms. The molecule has 0 aliphatic rings. The second-order valence-electron chi connectivity index (χ2n) is 3.04. The normalized spacial score (nSPS) is 10.3. The number of carbonyl (C=O) groups excluding carboxylic acids is 1. The van der Waals surface area contributed by atoms with Gasteiger partial charge in [0.2, 0.25) is 0 Å². The van der Waals surface area contributed by atoms with E-state index in [4.69, 9.17) is 5.73 Å². The van der Waals surface area contributed by atoms with Gasteiger partial charge < -0.3 is 5.73 Å². The lowest BCUT2D eigenvalue weighted by molar-refractivity contribution is 0.0984. The van der Waals surface area contributed by atoms with Crippen LogP contribution in [0.3, 0.4) is 0 Å². The van der Waals surface area contributed by atoms with E-state index >= 15 is 0 Å². The molecule has 2 N–H and O–H groups in total. The van der Waals surface area contributed by atoms with Crippen molar-refractivity contribution in [3.05, 3.63) is 34.9 Å². The molecule has 0 unspecified atom stereocenters. The Morgan fingerprint density at radius 1 is 1.36 bits per heavy atom. The second-order valence-corrected chi connectivity index (χ2v) is 3.04. The van der Waals surface area contributed by atoms with E-state index in [9.17, 15) is 13.6 Å². The first-order valence-electron chi connectivity index (χ1n) is 4.25. The number of halogens is 2. The third-order valence-corrected chi connectivity index (χ3v) is 1.94. The lowest BCUT2D eigenvalue weighted by Gasteiger charge is -2.04. The summed E-state index contributed by atoms with van der Waals surface area (Å²) in [6.07, 6.45) is 0.145. The van der Waals surface area contributed by atoms with Crippen molar-refractivity contribution in [2.24, 2.45) is 5.73 Å². The first kappa shape index (κ1) is 10.8. The largest absolute Gasteiger partial charge is 0.330 e. The highest BCUT2D eigenvalue weighted by atomic mass is 19.2. The molecule has 0 spiro atoms. The molecule has 0 saturated heterocycles. The van der Waals surface area contributed by atoms with Gasteiger partial charge in [-0.25, -0.2) is 8.78 Å². The van der Waals surface area contributed by atoms with Gasteiger partial charge in [0, 0.05) is 12.0 Å². The molecule has 1 rings (SSSR count). The average molecular weight is 199 g/mol. The van der Waals surface area contributed by atoms with Crippen LogP contribution in [0.1, 0.15) is 22.3 Å². The summed E-state index contributed by atoms with van der Waals surface area (Å²) in [7, 11) is 0. The van der Waals surface area contributed by atoms with Crippen LogP contribution in [-0.2, 0) is 0 Å². The van der Waals surface area contributed by atoms with Gasteiger partial charge in [-0.3, -0.25) is 4.79 Å². The number of Topliss-reactive ketones (excluding diaryl/α,β-unsaturated/α-hetero) is 1. The Morgan fingerprint density at radius 2 is 1.93 bits per heavy atom. The summed E-state index contributed by atoms with van der Waals surface area (Å²) in [6.45, 7) is 1.77. The summed E-state index contributed by atoms with van der Waals surface area (Å²) < 4.78 is 25.5. The van der Waals surface area contributed by atoms with Crippen molar-refractivity contribution >= 4 is 5.78 Å². The van der Waals surface area contributed by atoms with Gasteiger partial charge >= 0.3 is 0 Å². The Bertz CT molecular complexity index is 363. The van der Waals surface area contributed by atoms with Crippen LogP contribution in [0, 0.1) is 18.6 Å². The van der Waals surface area contributed by atoms with Crippen LogP contribution in [0.2, 0.25) is 0 Å². The van der Waals surface area contributed by atoms with Gasteiger partial charge in [0.15, 0.2) is 17.4 Å². The minimum atomic E-state index is -1.00. The van der Waals surface area contributed by atoms with E-state index in [2.05, 4.69) is 0 Å². The van der Waals surface area contributed by atoms with Gasteiger partial charge in [-0.2, -0.15) is 0 Å². The summed E-state index contributed by atoms with van der Waals surface area (Å²) in [5.74, 6) is -2.20. The van der Waals surface area contributed by atoms with Gasteiger partial charge in [0.05, 0.1) is 0 Å². The zero-order valence-corrected chi connectivity index (χ0v) is 7.81. The number of rotatable bonds is 3. The van der Waals surface area contributed by atoms with E-state index in [1.807, 2.05) is 0 Å². The van der Waals surface area contributed by atoms with E-state index in [-0.39, 0.29) is 24.3 Å². The van der Waals surface area contributed by atoms with Gasteiger partial charge in [-0.05, 0) is 31.2 Å². The summed E-state index contributed by atoms with van der Waals surface area (Å²) in [5, 5.41) is 0. The van der Waals surface area contributed by atoms with Crippen LogP contribution < -0.4 is 5.73 Å². The highest BCUT2D eigenvalue weighted by Gasteiger charge is 2.12. The van der Waals surface area contributed by atoms with Gasteiger partial charge in [-0.1, -0.05) is 0 Å². The van der Waals surface area contributed by atoms with Crippen molar-refractivity contribution < 1.29 is 13.6 Å². The van der Waals surface area contributed by atoms with Crippen molar-refractivity contribution in [1.82, 2.24) is 0 Å². The standard InChI is InChI=1S/C10H11F2NO/c1-6-4-8(11)9(12)5-7(6)10(14)2-3-13/h4-5H,2-3,13H2,1H3. The maximum absolute atomic E-state index is 12.8. The second kappa shape index (κ2) is 4.28. The fourth-order valence-corrected chi connectivity index (χ4v) is 1.21. The van der Waals surface area contributed by atoms with Crippen molar-refractivity contribution in [3.8, 4) is 0 Å². The molecule has 0 fully saturated rings. The third kappa shape index (κ3) is 2.14. The molecule has 1 aromatic carbocycles. The Kier molecular flexibility index (Phi) is 3.30. The number of aryl methyl sites for hydroxylation is 1. The quantitative estimate of drug-likeness (QED) is 0.754. The molecule has 0 aliphatic heterocycles.